The van der Waals surface area contributed by atoms with E-state index >= 15 is 0 Å². The van der Waals surface area contributed by atoms with Gasteiger partial charge < -0.3 is 0 Å². The Morgan fingerprint density at radius 3 is 2.33 bits per heavy atom. The molecule has 0 saturated heterocycles. The minimum absolute atomic E-state index is 1.32. The minimum atomic E-state index is 1.32. The fourth-order valence-corrected chi connectivity index (χ4v) is 3.43. The summed E-state index contributed by atoms with van der Waals surface area (Å²) in [6, 6.07) is 8.68. The molecule has 0 N–H and O–H groups in total. The Kier molecular flexibility index (Phi) is 2.63. The highest BCUT2D eigenvalue weighted by atomic mass is 32.1. The molecule has 2 heterocycles. The molecule has 1 fully saturated rings. The lowest BCUT2D eigenvalue weighted by atomic mass is 10.1. The van der Waals surface area contributed by atoms with Gasteiger partial charge in [0, 0.05) is 20.5 Å². The quantitative estimate of drug-likeness (QED) is 0.723. The zero-order valence-electron chi connectivity index (χ0n) is 8.01. The zero-order valence-corrected chi connectivity index (χ0v) is 9.65. The van der Waals surface area contributed by atoms with Gasteiger partial charge >= 0.3 is 0 Å². The van der Waals surface area contributed by atoms with Gasteiger partial charge in [0.15, 0.2) is 0 Å². The van der Waals surface area contributed by atoms with Crippen molar-refractivity contribution in [3.63, 3.8) is 0 Å². The average Bonchev–Trinajstić information content (AvgIpc) is 3.02. The second-order valence-corrected chi connectivity index (χ2v) is 5.35. The first-order chi connectivity index (χ1) is 7.43. The molecule has 73 valence electrons. The van der Waals surface area contributed by atoms with E-state index in [1.165, 1.54) is 20.5 Å². The van der Waals surface area contributed by atoms with Gasteiger partial charge in [-0.1, -0.05) is 6.07 Å². The lowest BCUT2D eigenvalue weighted by Crippen LogP contribution is -1.88. The third kappa shape index (κ3) is 1.88. The summed E-state index contributed by atoms with van der Waals surface area (Å²) < 4.78 is 0. The molecule has 2 aromatic rings. The molecule has 0 spiro atoms. The van der Waals surface area contributed by atoms with Crippen molar-refractivity contribution in [3.05, 3.63) is 66.1 Å². The molecular weight excluding hydrogens is 220 g/mol. The molecule has 0 bridgehead atoms. The number of thiophene rings is 2. The van der Waals surface area contributed by atoms with E-state index in [2.05, 4.69) is 55.3 Å². The topological polar surface area (TPSA) is 0 Å². The fraction of sp³-hybridized carbons (Fsp3) is 0. The maximum Gasteiger partial charge on any atom is 0.0445 e. The van der Waals surface area contributed by atoms with Crippen LogP contribution in [0.5, 0.6) is 0 Å². The van der Waals surface area contributed by atoms with Gasteiger partial charge in [0.1, 0.15) is 0 Å². The predicted octanol–water partition coefficient (Wildman–Crippen LogP) is 4.23. The molecule has 0 aliphatic heterocycles. The highest BCUT2D eigenvalue weighted by Crippen LogP contribution is 2.38. The van der Waals surface area contributed by atoms with E-state index in [1.54, 1.807) is 11.3 Å². The summed E-state index contributed by atoms with van der Waals surface area (Å²) in [6.45, 7) is 0. The fourth-order valence-electron chi connectivity index (χ4n) is 1.58. The molecule has 3 rings (SSSR count). The molecule has 0 amide bonds. The third-order valence-corrected chi connectivity index (χ3v) is 4.52. The van der Waals surface area contributed by atoms with Crippen molar-refractivity contribution in [3.8, 4) is 9.75 Å². The van der Waals surface area contributed by atoms with E-state index in [4.69, 9.17) is 0 Å². The Morgan fingerprint density at radius 1 is 0.800 bits per heavy atom. The first-order valence-electron chi connectivity index (χ1n) is 4.79. The molecule has 1 aliphatic rings. The first kappa shape index (κ1) is 9.61. The van der Waals surface area contributed by atoms with Gasteiger partial charge in [0.25, 0.3) is 0 Å². The van der Waals surface area contributed by atoms with Gasteiger partial charge in [-0.3, -0.25) is 0 Å². The Labute approximate surface area is 98.6 Å². The van der Waals surface area contributed by atoms with Crippen molar-refractivity contribution in [1.82, 2.24) is 0 Å². The van der Waals surface area contributed by atoms with E-state index in [9.17, 15) is 0 Å². The monoisotopic (exact) mass is 229 g/mol. The molecule has 0 aromatic carbocycles. The molecule has 1 aliphatic carbocycles. The maximum atomic E-state index is 2.21. The van der Waals surface area contributed by atoms with E-state index in [1.807, 2.05) is 11.3 Å². The second-order valence-electron chi connectivity index (χ2n) is 3.31. The highest BCUT2D eigenvalue weighted by Gasteiger charge is 2.20. The van der Waals surface area contributed by atoms with Crippen LogP contribution in [-0.2, 0) is 0 Å². The van der Waals surface area contributed by atoms with E-state index < -0.39 is 0 Å². The molecule has 0 unspecified atom stereocenters. The third-order valence-electron chi connectivity index (χ3n) is 2.32. The Hall–Kier alpha value is -0.600. The summed E-state index contributed by atoms with van der Waals surface area (Å²) in [5, 5.41) is 2.12. The van der Waals surface area contributed by atoms with Crippen molar-refractivity contribution in [1.29, 1.82) is 0 Å². The second kappa shape index (κ2) is 4.11. The van der Waals surface area contributed by atoms with Gasteiger partial charge in [0.2, 0.25) is 0 Å². The van der Waals surface area contributed by atoms with Crippen LogP contribution < -0.4 is 0 Å². The van der Waals surface area contributed by atoms with Crippen LogP contribution in [0.25, 0.3) is 9.75 Å². The van der Waals surface area contributed by atoms with Crippen LogP contribution in [0.4, 0.5) is 0 Å². The molecule has 0 nitrogen and oxygen atoms in total. The van der Waals surface area contributed by atoms with Crippen molar-refractivity contribution in [2.75, 3.05) is 0 Å². The van der Waals surface area contributed by atoms with Crippen LogP contribution in [0.3, 0.4) is 0 Å². The molecule has 2 heteroatoms. The summed E-state index contributed by atoms with van der Waals surface area (Å²) in [4.78, 5) is 4.07. The summed E-state index contributed by atoms with van der Waals surface area (Å²) in [5.41, 5.74) is 0. The molecule has 15 heavy (non-hydrogen) atoms. The Morgan fingerprint density at radius 2 is 1.60 bits per heavy atom. The van der Waals surface area contributed by atoms with E-state index in [0.717, 1.165) is 0 Å². The van der Waals surface area contributed by atoms with Crippen LogP contribution in [0.2, 0.25) is 0 Å². The van der Waals surface area contributed by atoms with Crippen molar-refractivity contribution < 1.29 is 0 Å². The first-order valence-corrected chi connectivity index (χ1v) is 6.49. The van der Waals surface area contributed by atoms with Crippen LogP contribution in [0, 0.1) is 31.6 Å². The Balaban J connectivity index is 1.87. The van der Waals surface area contributed by atoms with Crippen LogP contribution in [0.1, 0.15) is 4.88 Å². The van der Waals surface area contributed by atoms with Gasteiger partial charge in [-0.15, -0.1) is 22.7 Å². The highest BCUT2D eigenvalue weighted by molar-refractivity contribution is 7.21. The van der Waals surface area contributed by atoms with Crippen LogP contribution in [-0.4, -0.2) is 0 Å². The lowest BCUT2D eigenvalue weighted by molar-refractivity contribution is 1.35. The molecule has 2 aromatic heterocycles. The molecule has 1 saturated carbocycles. The summed E-state index contributed by atoms with van der Waals surface area (Å²) in [7, 11) is 0. The lowest BCUT2D eigenvalue weighted by Gasteiger charge is -2.02. The SMILES string of the molecule is [CH]1[CH][CH][C](c2ccc(-c3cccs3)s2)[CH]1. The maximum absolute atomic E-state index is 2.21. The van der Waals surface area contributed by atoms with Crippen molar-refractivity contribution in [2.45, 2.75) is 0 Å². The van der Waals surface area contributed by atoms with Crippen molar-refractivity contribution in [2.24, 2.45) is 0 Å². The van der Waals surface area contributed by atoms with E-state index in [0.29, 0.717) is 0 Å². The Bertz CT molecular complexity index is 419. The normalized spacial score (nSPS) is 17.3. The van der Waals surface area contributed by atoms with Gasteiger partial charge in [-0.2, -0.15) is 0 Å². The van der Waals surface area contributed by atoms with Crippen LogP contribution >= 0.6 is 22.7 Å². The number of rotatable bonds is 2. The van der Waals surface area contributed by atoms with Gasteiger partial charge in [-0.25, -0.2) is 0 Å². The largest absolute Gasteiger partial charge is 0.143 e. The summed E-state index contributed by atoms with van der Waals surface area (Å²) >= 11 is 3.66. The van der Waals surface area contributed by atoms with Crippen LogP contribution in [0.15, 0.2) is 29.6 Å². The molecule has 5 radical (unpaired) electrons. The van der Waals surface area contributed by atoms with Gasteiger partial charge in [0.05, 0.1) is 0 Å². The smallest absolute Gasteiger partial charge is 0.0445 e. The average molecular weight is 229 g/mol. The molecular formula is C13H9S2. The number of hydrogen-bond acceptors (Lipinski definition) is 2. The standard InChI is InChI=1S/C13H9S2/c1-2-5-10(4-1)11-7-8-13(15-11)12-6-3-9-14-12/h1-9H. The van der Waals surface area contributed by atoms with Crippen molar-refractivity contribution >= 4 is 22.7 Å². The molecule has 0 atom stereocenters. The minimum Gasteiger partial charge on any atom is -0.143 e. The predicted molar refractivity (Wildman–Crippen MR) is 67.2 cm³/mol. The van der Waals surface area contributed by atoms with E-state index in [-0.39, 0.29) is 0 Å². The van der Waals surface area contributed by atoms with Gasteiger partial charge in [-0.05, 0) is 49.3 Å². The summed E-state index contributed by atoms with van der Waals surface area (Å²) in [5.74, 6) is 1.32. The summed E-state index contributed by atoms with van der Waals surface area (Å²) in [6.07, 6.45) is 8.48. The zero-order chi connectivity index (χ0) is 10.1. The number of hydrogen-bond donors (Lipinski definition) is 0.